The number of rotatable bonds is 5. The first-order valence-corrected chi connectivity index (χ1v) is 7.02. The van der Waals surface area contributed by atoms with Gasteiger partial charge < -0.3 is 10.4 Å². The third-order valence-corrected chi connectivity index (χ3v) is 3.44. The van der Waals surface area contributed by atoms with Crippen LogP contribution in [-0.2, 0) is 0 Å². The first-order valence-electron chi connectivity index (χ1n) is 7.02. The molecule has 5 heteroatoms. The Morgan fingerprint density at radius 3 is 2.32 bits per heavy atom. The molecule has 0 heterocycles. The largest absolute Gasteiger partial charge is 0.394 e. The monoisotopic (exact) mass is 305 g/mol. The fourth-order valence-electron chi connectivity index (χ4n) is 2.06. The van der Waals surface area contributed by atoms with Crippen LogP contribution < -0.4 is 5.32 Å². The molecule has 2 aromatic rings. The number of aliphatic hydroxyl groups is 1. The maximum absolute atomic E-state index is 14.1. The van der Waals surface area contributed by atoms with E-state index < -0.39 is 17.8 Å². The fourth-order valence-corrected chi connectivity index (χ4v) is 2.06. The van der Waals surface area contributed by atoms with E-state index in [1.165, 1.54) is 24.3 Å². The van der Waals surface area contributed by atoms with Gasteiger partial charge in [-0.2, -0.15) is 0 Å². The van der Waals surface area contributed by atoms with Crippen molar-refractivity contribution in [3.05, 3.63) is 59.7 Å². The average Bonchev–Trinajstić information content (AvgIpc) is 2.53. The summed E-state index contributed by atoms with van der Waals surface area (Å²) < 4.78 is 27.0. The van der Waals surface area contributed by atoms with Gasteiger partial charge in [-0.1, -0.05) is 25.1 Å². The lowest BCUT2D eigenvalue weighted by Crippen LogP contribution is -2.37. The van der Waals surface area contributed by atoms with Crippen molar-refractivity contribution in [3.63, 3.8) is 0 Å². The van der Waals surface area contributed by atoms with Crippen LogP contribution in [-0.4, -0.2) is 23.7 Å². The van der Waals surface area contributed by atoms with E-state index in [0.29, 0.717) is 17.5 Å². The zero-order valence-corrected chi connectivity index (χ0v) is 12.1. The molecule has 2 rings (SSSR count). The Balaban J connectivity index is 2.22. The van der Waals surface area contributed by atoms with Crippen LogP contribution in [0.1, 0.15) is 23.7 Å². The molecule has 1 unspecified atom stereocenters. The molecule has 0 spiro atoms. The number of hydrogen-bond acceptors (Lipinski definition) is 2. The Hall–Kier alpha value is -2.27. The topological polar surface area (TPSA) is 49.3 Å². The maximum atomic E-state index is 14.1. The maximum Gasteiger partial charge on any atom is 0.254 e. The van der Waals surface area contributed by atoms with E-state index in [9.17, 15) is 13.6 Å². The van der Waals surface area contributed by atoms with Crippen molar-refractivity contribution >= 4 is 5.91 Å². The van der Waals surface area contributed by atoms with Gasteiger partial charge in [0.1, 0.15) is 11.6 Å². The third-order valence-electron chi connectivity index (χ3n) is 3.44. The van der Waals surface area contributed by atoms with Crippen molar-refractivity contribution in [1.82, 2.24) is 5.32 Å². The highest BCUT2D eigenvalue weighted by molar-refractivity contribution is 5.95. The van der Waals surface area contributed by atoms with E-state index in [1.807, 2.05) is 6.92 Å². The third kappa shape index (κ3) is 3.68. The summed E-state index contributed by atoms with van der Waals surface area (Å²) in [7, 11) is 0. The summed E-state index contributed by atoms with van der Waals surface area (Å²) in [6.07, 6.45) is 0.553. The lowest BCUT2D eigenvalue weighted by atomic mass is 10.0. The molecule has 1 atom stereocenters. The first-order chi connectivity index (χ1) is 10.5. The van der Waals surface area contributed by atoms with Gasteiger partial charge >= 0.3 is 0 Å². The van der Waals surface area contributed by atoms with Crippen molar-refractivity contribution in [2.24, 2.45) is 0 Å². The molecule has 2 aromatic carbocycles. The SMILES string of the molecule is CCC(CO)NC(=O)c1ccc(-c2ccc(F)cc2)cc1F. The van der Waals surface area contributed by atoms with Crippen LogP contribution in [0.5, 0.6) is 0 Å². The summed E-state index contributed by atoms with van der Waals surface area (Å²) in [4.78, 5) is 12.0. The first kappa shape index (κ1) is 16.1. The summed E-state index contributed by atoms with van der Waals surface area (Å²) in [5.41, 5.74) is 1.13. The Morgan fingerprint density at radius 1 is 1.14 bits per heavy atom. The minimum absolute atomic E-state index is 0.0854. The normalized spacial score (nSPS) is 12.0. The highest BCUT2D eigenvalue weighted by Gasteiger charge is 2.15. The summed E-state index contributed by atoms with van der Waals surface area (Å²) in [5.74, 6) is -1.59. The van der Waals surface area contributed by atoms with E-state index in [2.05, 4.69) is 5.32 Å². The molecule has 0 fully saturated rings. The van der Waals surface area contributed by atoms with Crippen LogP contribution in [0.3, 0.4) is 0 Å². The number of halogens is 2. The molecule has 3 nitrogen and oxygen atoms in total. The average molecular weight is 305 g/mol. The second-order valence-corrected chi connectivity index (χ2v) is 4.96. The number of benzene rings is 2. The highest BCUT2D eigenvalue weighted by Crippen LogP contribution is 2.22. The van der Waals surface area contributed by atoms with Gasteiger partial charge in [-0.15, -0.1) is 0 Å². The van der Waals surface area contributed by atoms with E-state index >= 15 is 0 Å². The minimum Gasteiger partial charge on any atom is -0.394 e. The Morgan fingerprint density at radius 2 is 1.77 bits per heavy atom. The van der Waals surface area contributed by atoms with Gasteiger partial charge in [-0.05, 0) is 41.8 Å². The number of amides is 1. The van der Waals surface area contributed by atoms with Crippen molar-refractivity contribution in [3.8, 4) is 11.1 Å². The van der Waals surface area contributed by atoms with Crippen molar-refractivity contribution in [1.29, 1.82) is 0 Å². The van der Waals surface area contributed by atoms with Gasteiger partial charge in [0.15, 0.2) is 0 Å². The zero-order valence-electron chi connectivity index (χ0n) is 12.1. The summed E-state index contributed by atoms with van der Waals surface area (Å²) >= 11 is 0. The van der Waals surface area contributed by atoms with E-state index in [1.54, 1.807) is 18.2 Å². The second-order valence-electron chi connectivity index (χ2n) is 4.96. The lowest BCUT2D eigenvalue weighted by molar-refractivity contribution is 0.0911. The molecule has 1 amide bonds. The van der Waals surface area contributed by atoms with Gasteiger partial charge in [0, 0.05) is 0 Å². The van der Waals surface area contributed by atoms with Crippen LogP contribution in [0.25, 0.3) is 11.1 Å². The number of carbonyl (C=O) groups excluding carboxylic acids is 1. The molecule has 2 N–H and O–H groups in total. The summed E-state index contributed by atoms with van der Waals surface area (Å²) in [6, 6.07) is 9.50. The van der Waals surface area contributed by atoms with Gasteiger partial charge in [-0.3, -0.25) is 4.79 Å². The van der Waals surface area contributed by atoms with Crippen molar-refractivity contribution < 1.29 is 18.7 Å². The molecule has 0 bridgehead atoms. The molecule has 0 saturated heterocycles. The van der Waals surface area contributed by atoms with Gasteiger partial charge in [0.25, 0.3) is 5.91 Å². The minimum atomic E-state index is -0.660. The molecule has 0 aliphatic heterocycles. The number of hydrogen-bond donors (Lipinski definition) is 2. The van der Waals surface area contributed by atoms with Crippen molar-refractivity contribution in [2.75, 3.05) is 6.61 Å². The molecule has 0 aromatic heterocycles. The smallest absolute Gasteiger partial charge is 0.254 e. The van der Waals surface area contributed by atoms with Crippen molar-refractivity contribution in [2.45, 2.75) is 19.4 Å². The lowest BCUT2D eigenvalue weighted by Gasteiger charge is -2.14. The number of nitrogens with one attached hydrogen (secondary N) is 1. The Kier molecular flexibility index (Phi) is 5.22. The molecular formula is C17H17F2NO2. The van der Waals surface area contributed by atoms with Crippen LogP contribution in [0.4, 0.5) is 8.78 Å². The fraction of sp³-hybridized carbons (Fsp3) is 0.235. The summed E-state index contributed by atoms with van der Waals surface area (Å²) in [5, 5.41) is 11.6. The van der Waals surface area contributed by atoms with Gasteiger partial charge in [0.2, 0.25) is 0 Å². The zero-order chi connectivity index (χ0) is 16.1. The van der Waals surface area contributed by atoms with E-state index in [-0.39, 0.29) is 18.0 Å². The van der Waals surface area contributed by atoms with Crippen LogP contribution in [0, 0.1) is 11.6 Å². The standard InChI is InChI=1S/C17H17F2NO2/c1-2-14(10-21)20-17(22)15-8-5-12(9-16(15)19)11-3-6-13(18)7-4-11/h3-9,14,21H,2,10H2,1H3,(H,20,22). The quantitative estimate of drug-likeness (QED) is 0.891. The molecule has 0 radical (unpaired) electrons. The second kappa shape index (κ2) is 7.13. The Bertz CT molecular complexity index is 652. The molecule has 22 heavy (non-hydrogen) atoms. The number of aliphatic hydroxyl groups excluding tert-OH is 1. The van der Waals surface area contributed by atoms with Crippen LogP contribution in [0.2, 0.25) is 0 Å². The predicted molar refractivity (Wildman–Crippen MR) is 80.4 cm³/mol. The molecule has 116 valence electrons. The van der Waals surface area contributed by atoms with E-state index in [4.69, 9.17) is 5.11 Å². The molecule has 0 aliphatic rings. The van der Waals surface area contributed by atoms with Gasteiger partial charge in [-0.25, -0.2) is 8.78 Å². The number of carbonyl (C=O) groups is 1. The highest BCUT2D eigenvalue weighted by atomic mass is 19.1. The van der Waals surface area contributed by atoms with Crippen LogP contribution in [0.15, 0.2) is 42.5 Å². The Labute approximate surface area is 127 Å². The summed E-state index contributed by atoms with van der Waals surface area (Å²) in [6.45, 7) is 1.62. The van der Waals surface area contributed by atoms with Gasteiger partial charge in [0.05, 0.1) is 18.2 Å². The van der Waals surface area contributed by atoms with Crippen LogP contribution >= 0.6 is 0 Å². The molecule has 0 aliphatic carbocycles. The molecular weight excluding hydrogens is 288 g/mol. The molecule has 0 saturated carbocycles. The van der Waals surface area contributed by atoms with E-state index in [0.717, 1.165) is 0 Å². The predicted octanol–water partition coefficient (Wildman–Crippen LogP) is 3.13.